The van der Waals surface area contributed by atoms with Crippen LogP contribution in [0, 0.1) is 5.92 Å². The van der Waals surface area contributed by atoms with Crippen molar-refractivity contribution in [3.63, 3.8) is 0 Å². The fourth-order valence-corrected chi connectivity index (χ4v) is 3.32. The summed E-state index contributed by atoms with van der Waals surface area (Å²) in [4.78, 5) is 16.1. The first-order valence-corrected chi connectivity index (χ1v) is 8.22. The maximum Gasteiger partial charge on any atom is 0.147 e. The lowest BCUT2D eigenvalue weighted by atomic mass is 9.93. The molecule has 0 amide bonds. The average Bonchev–Trinajstić information content (AvgIpc) is 3.00. The Morgan fingerprint density at radius 2 is 1.87 bits per heavy atom. The van der Waals surface area contributed by atoms with Gasteiger partial charge < -0.3 is 9.47 Å². The summed E-state index contributed by atoms with van der Waals surface area (Å²) in [5, 5.41) is 0. The molecule has 3 heterocycles. The number of hydrogen-bond acceptors (Lipinski definition) is 4. The molecule has 0 spiro atoms. The monoisotopic (exact) mass is 307 g/mol. The maximum absolute atomic E-state index is 4.76. The van der Waals surface area contributed by atoms with Crippen LogP contribution in [-0.2, 0) is 13.5 Å². The van der Waals surface area contributed by atoms with E-state index in [0.717, 1.165) is 36.4 Å². The third-order valence-corrected chi connectivity index (χ3v) is 4.77. The zero-order valence-corrected chi connectivity index (χ0v) is 13.4. The highest BCUT2D eigenvalue weighted by Gasteiger charge is 2.21. The highest BCUT2D eigenvalue weighted by Crippen LogP contribution is 2.24. The third-order valence-electron chi connectivity index (χ3n) is 4.77. The zero-order chi connectivity index (χ0) is 15.6. The van der Waals surface area contributed by atoms with Crippen LogP contribution in [0.4, 0.5) is 5.82 Å². The van der Waals surface area contributed by atoms with Gasteiger partial charge in [-0.05, 0) is 30.9 Å². The number of rotatable bonds is 3. The molecule has 2 aromatic heterocycles. The van der Waals surface area contributed by atoms with Gasteiger partial charge >= 0.3 is 0 Å². The highest BCUT2D eigenvalue weighted by atomic mass is 15.2. The molecule has 0 N–H and O–H groups in total. The van der Waals surface area contributed by atoms with Crippen LogP contribution in [0.5, 0.6) is 0 Å². The zero-order valence-electron chi connectivity index (χ0n) is 13.4. The van der Waals surface area contributed by atoms with Gasteiger partial charge in [0.05, 0.1) is 17.2 Å². The first-order valence-electron chi connectivity index (χ1n) is 8.22. The Labute approximate surface area is 136 Å². The lowest BCUT2D eigenvalue weighted by molar-refractivity contribution is 0.392. The molecular formula is C18H21N5. The van der Waals surface area contributed by atoms with Crippen molar-refractivity contribution < 1.29 is 0 Å². The van der Waals surface area contributed by atoms with Crippen LogP contribution in [0.15, 0.2) is 42.9 Å². The molecule has 0 saturated carbocycles. The van der Waals surface area contributed by atoms with Crippen molar-refractivity contribution in [1.29, 1.82) is 0 Å². The van der Waals surface area contributed by atoms with E-state index in [0.29, 0.717) is 5.92 Å². The number of fused-ring (bicyclic) bond motifs is 1. The van der Waals surface area contributed by atoms with Gasteiger partial charge in [-0.15, -0.1) is 0 Å². The van der Waals surface area contributed by atoms with Crippen molar-refractivity contribution in [2.24, 2.45) is 13.0 Å². The maximum atomic E-state index is 4.76. The summed E-state index contributed by atoms with van der Waals surface area (Å²) in [6.07, 6.45) is 9.25. The summed E-state index contributed by atoms with van der Waals surface area (Å²) in [6, 6.07) is 8.05. The molecule has 1 aromatic carbocycles. The fourth-order valence-electron chi connectivity index (χ4n) is 3.32. The molecule has 0 radical (unpaired) electrons. The number of aryl methyl sites for hydroxylation is 1. The quantitative estimate of drug-likeness (QED) is 0.746. The Balaban J connectivity index is 1.43. The van der Waals surface area contributed by atoms with E-state index in [1.807, 2.05) is 42.9 Å². The molecule has 1 aliphatic heterocycles. The summed E-state index contributed by atoms with van der Waals surface area (Å²) in [5.41, 5.74) is 1.93. The van der Waals surface area contributed by atoms with E-state index >= 15 is 0 Å². The summed E-state index contributed by atoms with van der Waals surface area (Å²) in [7, 11) is 2.07. The van der Waals surface area contributed by atoms with Crippen molar-refractivity contribution in [2.45, 2.75) is 19.3 Å². The number of anilines is 1. The molecule has 1 aliphatic rings. The molecule has 1 saturated heterocycles. The van der Waals surface area contributed by atoms with Crippen molar-refractivity contribution >= 4 is 16.9 Å². The number of para-hydroxylation sites is 2. The van der Waals surface area contributed by atoms with Crippen LogP contribution in [-0.4, -0.2) is 32.6 Å². The number of hydrogen-bond donors (Lipinski definition) is 0. The van der Waals surface area contributed by atoms with Gasteiger partial charge in [0.1, 0.15) is 11.6 Å². The number of nitrogens with zero attached hydrogens (tertiary/aromatic N) is 5. The van der Waals surface area contributed by atoms with Crippen molar-refractivity contribution in [3.05, 3.63) is 48.7 Å². The van der Waals surface area contributed by atoms with E-state index < -0.39 is 0 Å². The topological polar surface area (TPSA) is 46.8 Å². The molecule has 0 unspecified atom stereocenters. The number of benzene rings is 1. The Kier molecular flexibility index (Phi) is 3.69. The summed E-state index contributed by atoms with van der Waals surface area (Å²) < 4.78 is 2.13. The molecule has 5 nitrogen and oxygen atoms in total. The molecule has 118 valence electrons. The summed E-state index contributed by atoms with van der Waals surface area (Å²) >= 11 is 0. The predicted octanol–water partition coefficient (Wildman–Crippen LogP) is 2.82. The van der Waals surface area contributed by atoms with Crippen LogP contribution < -0.4 is 4.90 Å². The van der Waals surface area contributed by atoms with Crippen LogP contribution in [0.1, 0.15) is 18.7 Å². The molecule has 0 bridgehead atoms. The van der Waals surface area contributed by atoms with Gasteiger partial charge in [0, 0.05) is 39.0 Å². The molecule has 0 atom stereocenters. The van der Waals surface area contributed by atoms with E-state index in [2.05, 4.69) is 26.5 Å². The lowest BCUT2D eigenvalue weighted by Gasteiger charge is -2.32. The molecular weight excluding hydrogens is 286 g/mol. The molecule has 0 aliphatic carbocycles. The van der Waals surface area contributed by atoms with Gasteiger partial charge in [-0.25, -0.2) is 9.97 Å². The van der Waals surface area contributed by atoms with Crippen LogP contribution in [0.3, 0.4) is 0 Å². The third kappa shape index (κ3) is 2.91. The molecule has 4 rings (SSSR count). The van der Waals surface area contributed by atoms with Gasteiger partial charge in [0.2, 0.25) is 0 Å². The Morgan fingerprint density at radius 1 is 1.09 bits per heavy atom. The second-order valence-corrected chi connectivity index (χ2v) is 6.31. The highest BCUT2D eigenvalue weighted by molar-refractivity contribution is 5.75. The van der Waals surface area contributed by atoms with E-state index in [-0.39, 0.29) is 0 Å². The number of piperidine rings is 1. The molecule has 23 heavy (non-hydrogen) atoms. The predicted molar refractivity (Wildman–Crippen MR) is 91.4 cm³/mol. The van der Waals surface area contributed by atoms with Crippen molar-refractivity contribution in [2.75, 3.05) is 18.0 Å². The van der Waals surface area contributed by atoms with Crippen molar-refractivity contribution in [3.8, 4) is 0 Å². The summed E-state index contributed by atoms with van der Waals surface area (Å²) in [6.45, 7) is 2.09. The Bertz CT molecular complexity index is 802. The van der Waals surface area contributed by atoms with E-state index in [1.165, 1.54) is 18.7 Å². The van der Waals surface area contributed by atoms with Crippen LogP contribution >= 0.6 is 0 Å². The standard InChI is InChI=1S/C18H21N5/c1-22-11-8-19-17(22)12-14-6-9-23(10-7-14)18-13-20-15-4-2-3-5-16(15)21-18/h2-5,8,11,13-14H,6-7,9-10,12H2,1H3. The van der Waals surface area contributed by atoms with Crippen LogP contribution in [0.25, 0.3) is 11.0 Å². The van der Waals surface area contributed by atoms with Crippen molar-refractivity contribution in [1.82, 2.24) is 19.5 Å². The smallest absolute Gasteiger partial charge is 0.147 e. The summed E-state index contributed by atoms with van der Waals surface area (Å²) in [5.74, 6) is 2.90. The Hall–Kier alpha value is -2.43. The van der Waals surface area contributed by atoms with Gasteiger partial charge in [0.15, 0.2) is 0 Å². The number of imidazole rings is 1. The second-order valence-electron chi connectivity index (χ2n) is 6.31. The van der Waals surface area contributed by atoms with E-state index in [1.54, 1.807) is 0 Å². The normalized spacial score (nSPS) is 16.1. The average molecular weight is 307 g/mol. The molecule has 5 heteroatoms. The van der Waals surface area contributed by atoms with E-state index in [9.17, 15) is 0 Å². The van der Waals surface area contributed by atoms with Gasteiger partial charge in [-0.3, -0.25) is 4.98 Å². The number of aromatic nitrogens is 4. The van der Waals surface area contributed by atoms with Gasteiger partial charge in [-0.1, -0.05) is 12.1 Å². The Morgan fingerprint density at radius 3 is 2.61 bits per heavy atom. The lowest BCUT2D eigenvalue weighted by Crippen LogP contribution is -2.35. The largest absolute Gasteiger partial charge is 0.355 e. The molecule has 1 fully saturated rings. The van der Waals surface area contributed by atoms with Gasteiger partial charge in [-0.2, -0.15) is 0 Å². The second kappa shape index (κ2) is 5.99. The minimum Gasteiger partial charge on any atom is -0.355 e. The SMILES string of the molecule is Cn1ccnc1CC1CCN(c2cnc3ccccc3n2)CC1. The fraction of sp³-hybridized carbons (Fsp3) is 0.389. The van der Waals surface area contributed by atoms with E-state index in [4.69, 9.17) is 4.98 Å². The van der Waals surface area contributed by atoms with Crippen LogP contribution in [0.2, 0.25) is 0 Å². The first kappa shape index (κ1) is 14.2. The molecule has 3 aromatic rings. The first-order chi connectivity index (χ1) is 11.3. The minimum atomic E-state index is 0.709. The minimum absolute atomic E-state index is 0.709. The van der Waals surface area contributed by atoms with Gasteiger partial charge in [0.25, 0.3) is 0 Å².